The van der Waals surface area contributed by atoms with Crippen LogP contribution >= 0.6 is 0 Å². The first-order valence-electron chi connectivity index (χ1n) is 5.21. The third-order valence-electron chi connectivity index (χ3n) is 2.85. The summed E-state index contributed by atoms with van der Waals surface area (Å²) in [4.78, 5) is 0. The summed E-state index contributed by atoms with van der Waals surface area (Å²) >= 11 is 0. The van der Waals surface area contributed by atoms with Crippen molar-refractivity contribution in [1.29, 1.82) is 0 Å². The van der Waals surface area contributed by atoms with E-state index in [0.717, 1.165) is 19.0 Å². The summed E-state index contributed by atoms with van der Waals surface area (Å²) in [6.07, 6.45) is 5.41. The molecule has 3 heteroatoms. The van der Waals surface area contributed by atoms with E-state index in [2.05, 4.69) is 5.32 Å². The van der Waals surface area contributed by atoms with Gasteiger partial charge in [0.05, 0.1) is 12.7 Å². The highest BCUT2D eigenvalue weighted by molar-refractivity contribution is 4.73. The van der Waals surface area contributed by atoms with Gasteiger partial charge in [-0.2, -0.15) is 0 Å². The van der Waals surface area contributed by atoms with Gasteiger partial charge in [0.1, 0.15) is 0 Å². The molecule has 13 heavy (non-hydrogen) atoms. The number of ether oxygens (including phenoxy) is 1. The Labute approximate surface area is 80.5 Å². The van der Waals surface area contributed by atoms with Crippen molar-refractivity contribution in [3.05, 3.63) is 0 Å². The number of hydrogen-bond acceptors (Lipinski definition) is 3. The van der Waals surface area contributed by atoms with E-state index in [1.807, 2.05) is 0 Å². The summed E-state index contributed by atoms with van der Waals surface area (Å²) in [5, 5.41) is 11.8. The Bertz CT molecular complexity index is 119. The molecule has 78 valence electrons. The van der Waals surface area contributed by atoms with Crippen molar-refractivity contribution in [1.82, 2.24) is 5.32 Å². The zero-order chi connectivity index (χ0) is 9.52. The van der Waals surface area contributed by atoms with Gasteiger partial charge in [-0.25, -0.2) is 0 Å². The first-order valence-corrected chi connectivity index (χ1v) is 5.21. The van der Waals surface area contributed by atoms with Gasteiger partial charge in [-0.3, -0.25) is 0 Å². The smallest absolute Gasteiger partial charge is 0.0571 e. The number of nitrogens with one attached hydrogen (secondary N) is 1. The Morgan fingerprint density at radius 1 is 1.31 bits per heavy atom. The monoisotopic (exact) mass is 187 g/mol. The van der Waals surface area contributed by atoms with Crippen LogP contribution in [0.4, 0.5) is 0 Å². The van der Waals surface area contributed by atoms with Gasteiger partial charge in [0.15, 0.2) is 0 Å². The largest absolute Gasteiger partial charge is 0.395 e. The Hall–Kier alpha value is -0.120. The fraction of sp³-hybridized carbons (Fsp3) is 1.00. The maximum Gasteiger partial charge on any atom is 0.0571 e. The number of methoxy groups -OCH3 is 1. The number of rotatable bonds is 5. The first-order chi connectivity index (χ1) is 6.36. The summed E-state index contributed by atoms with van der Waals surface area (Å²) < 4.78 is 5.30. The molecule has 3 nitrogen and oxygen atoms in total. The van der Waals surface area contributed by atoms with Crippen LogP contribution in [0.15, 0.2) is 0 Å². The highest BCUT2D eigenvalue weighted by atomic mass is 16.5. The predicted octanol–water partition coefficient (Wildman–Crippen LogP) is 0.773. The lowest BCUT2D eigenvalue weighted by molar-refractivity contribution is 0.0566. The van der Waals surface area contributed by atoms with E-state index in [9.17, 15) is 0 Å². The van der Waals surface area contributed by atoms with E-state index in [4.69, 9.17) is 9.84 Å². The van der Waals surface area contributed by atoms with Gasteiger partial charge < -0.3 is 15.2 Å². The van der Waals surface area contributed by atoms with Crippen molar-refractivity contribution in [3.8, 4) is 0 Å². The molecule has 1 aliphatic carbocycles. The van der Waals surface area contributed by atoms with Crippen molar-refractivity contribution in [2.24, 2.45) is 5.92 Å². The quantitative estimate of drug-likeness (QED) is 0.625. The zero-order valence-corrected chi connectivity index (χ0v) is 8.46. The maximum atomic E-state index is 8.59. The highest BCUT2D eigenvalue weighted by Gasteiger charge is 2.19. The maximum absolute atomic E-state index is 8.59. The molecule has 0 radical (unpaired) electrons. The molecule has 0 unspecified atom stereocenters. The molecule has 1 saturated carbocycles. The Morgan fingerprint density at radius 2 is 2.00 bits per heavy atom. The molecule has 0 bridgehead atoms. The first kappa shape index (κ1) is 11.0. The molecule has 0 saturated heterocycles. The topological polar surface area (TPSA) is 41.5 Å². The molecule has 0 spiro atoms. The molecular weight excluding hydrogens is 166 g/mol. The van der Waals surface area contributed by atoms with E-state index in [1.165, 1.54) is 25.7 Å². The molecular formula is C10H21NO2. The van der Waals surface area contributed by atoms with Crippen LogP contribution in [-0.2, 0) is 4.74 Å². The van der Waals surface area contributed by atoms with Gasteiger partial charge in [-0.1, -0.05) is 0 Å². The number of aliphatic hydroxyl groups is 1. The van der Waals surface area contributed by atoms with Crippen LogP contribution < -0.4 is 5.32 Å². The van der Waals surface area contributed by atoms with E-state index >= 15 is 0 Å². The minimum absolute atomic E-state index is 0.243. The van der Waals surface area contributed by atoms with Gasteiger partial charge in [-0.05, 0) is 38.1 Å². The molecule has 0 aromatic heterocycles. The molecule has 0 heterocycles. The summed E-state index contributed by atoms with van der Waals surface area (Å²) in [5.41, 5.74) is 0. The third kappa shape index (κ3) is 4.07. The zero-order valence-electron chi connectivity index (χ0n) is 8.46. The average Bonchev–Trinajstić information content (AvgIpc) is 2.19. The van der Waals surface area contributed by atoms with E-state index in [1.54, 1.807) is 7.11 Å². The van der Waals surface area contributed by atoms with Crippen LogP contribution in [0.2, 0.25) is 0 Å². The average molecular weight is 187 g/mol. The fourth-order valence-electron chi connectivity index (χ4n) is 1.96. The summed E-state index contributed by atoms with van der Waals surface area (Å²) in [7, 11) is 1.80. The van der Waals surface area contributed by atoms with Crippen LogP contribution in [0.3, 0.4) is 0 Å². The predicted molar refractivity (Wildman–Crippen MR) is 52.7 cm³/mol. The van der Waals surface area contributed by atoms with Gasteiger partial charge in [0.2, 0.25) is 0 Å². The minimum Gasteiger partial charge on any atom is -0.395 e. The summed E-state index contributed by atoms with van der Waals surface area (Å²) in [6, 6.07) is 0. The lowest BCUT2D eigenvalue weighted by Gasteiger charge is -2.27. The van der Waals surface area contributed by atoms with Crippen LogP contribution in [0.25, 0.3) is 0 Å². The molecule has 1 aliphatic rings. The van der Waals surface area contributed by atoms with E-state index < -0.39 is 0 Å². The standard InChI is InChI=1S/C10H21NO2/c1-13-10-4-2-9(3-5-10)8-11-6-7-12/h9-12H,2-8H2,1H3. The summed E-state index contributed by atoms with van der Waals surface area (Å²) in [6.45, 7) is 2.02. The molecule has 0 amide bonds. The molecule has 0 aromatic rings. The lowest BCUT2D eigenvalue weighted by Crippen LogP contribution is -2.30. The SMILES string of the molecule is COC1CCC(CNCCO)CC1. The second-order valence-corrected chi connectivity index (χ2v) is 3.81. The number of aliphatic hydroxyl groups excluding tert-OH is 1. The van der Waals surface area contributed by atoms with Crippen molar-refractivity contribution in [2.75, 3.05) is 26.8 Å². The minimum atomic E-state index is 0.243. The normalized spacial score (nSPS) is 29.1. The Kier molecular flexibility index (Phi) is 5.35. The van der Waals surface area contributed by atoms with Crippen LogP contribution in [0.1, 0.15) is 25.7 Å². The molecule has 0 aliphatic heterocycles. The van der Waals surface area contributed by atoms with Gasteiger partial charge >= 0.3 is 0 Å². The van der Waals surface area contributed by atoms with E-state index in [-0.39, 0.29) is 6.61 Å². The molecule has 0 aromatic carbocycles. The van der Waals surface area contributed by atoms with Crippen molar-refractivity contribution >= 4 is 0 Å². The third-order valence-corrected chi connectivity index (χ3v) is 2.85. The second kappa shape index (κ2) is 6.35. The molecule has 2 N–H and O–H groups in total. The molecule has 1 fully saturated rings. The fourth-order valence-corrected chi connectivity index (χ4v) is 1.96. The van der Waals surface area contributed by atoms with Crippen LogP contribution in [0.5, 0.6) is 0 Å². The Morgan fingerprint density at radius 3 is 2.54 bits per heavy atom. The van der Waals surface area contributed by atoms with Crippen LogP contribution in [0, 0.1) is 5.92 Å². The van der Waals surface area contributed by atoms with Crippen LogP contribution in [-0.4, -0.2) is 38.0 Å². The molecule has 0 atom stereocenters. The van der Waals surface area contributed by atoms with Gasteiger partial charge in [-0.15, -0.1) is 0 Å². The molecule has 1 rings (SSSR count). The van der Waals surface area contributed by atoms with Crippen molar-refractivity contribution in [3.63, 3.8) is 0 Å². The lowest BCUT2D eigenvalue weighted by atomic mass is 9.87. The Balaban J connectivity index is 2.03. The van der Waals surface area contributed by atoms with Gasteiger partial charge in [0, 0.05) is 13.7 Å². The highest BCUT2D eigenvalue weighted by Crippen LogP contribution is 2.24. The van der Waals surface area contributed by atoms with Gasteiger partial charge in [0.25, 0.3) is 0 Å². The summed E-state index contributed by atoms with van der Waals surface area (Å²) in [5.74, 6) is 0.790. The second-order valence-electron chi connectivity index (χ2n) is 3.81. The van der Waals surface area contributed by atoms with E-state index in [0.29, 0.717) is 6.10 Å². The van der Waals surface area contributed by atoms with Crippen molar-refractivity contribution < 1.29 is 9.84 Å². The number of hydrogen-bond donors (Lipinski definition) is 2. The van der Waals surface area contributed by atoms with Crippen molar-refractivity contribution in [2.45, 2.75) is 31.8 Å².